The normalized spacial score (nSPS) is 12.9. The second-order valence-electron chi connectivity index (χ2n) is 7.70. The Bertz CT molecular complexity index is 1110. The molecule has 7 heteroatoms. The van der Waals surface area contributed by atoms with E-state index in [9.17, 15) is 13.6 Å². The molecule has 166 valence electrons. The smallest absolute Gasteiger partial charge is 0.322 e. The number of benzene rings is 3. The van der Waals surface area contributed by atoms with Crippen molar-refractivity contribution in [3.8, 4) is 11.5 Å². The minimum atomic E-state index is -0.820. The molecule has 0 aromatic heterocycles. The molecule has 0 saturated carbocycles. The van der Waals surface area contributed by atoms with E-state index in [4.69, 9.17) is 9.47 Å². The molecule has 0 fully saturated rings. The molecule has 0 atom stereocenters. The lowest BCUT2D eigenvalue weighted by molar-refractivity contribution is 0.185. The summed E-state index contributed by atoms with van der Waals surface area (Å²) >= 11 is 0. The zero-order valence-corrected chi connectivity index (χ0v) is 17.9. The number of halogens is 2. The molecule has 0 saturated heterocycles. The third kappa shape index (κ3) is 4.51. The number of hydrogen-bond donors (Lipinski definition) is 1. The molecule has 0 aliphatic heterocycles. The summed E-state index contributed by atoms with van der Waals surface area (Å²) in [6.07, 6.45) is 1.39. The lowest BCUT2D eigenvalue weighted by atomic mass is 10.1. The van der Waals surface area contributed by atoms with Crippen LogP contribution in [0.3, 0.4) is 0 Å². The standard InChI is InChI=1S/C25H24F2N2O3/c1-31-23-10-7-16(11-24(23)32-2)15-29(20-12-17-5-3-4-6-18(17)13-20)25(30)28-22-9-8-19(26)14-21(22)27/h3-11,14,20H,12-13,15H2,1-2H3,(H,28,30). The summed E-state index contributed by atoms with van der Waals surface area (Å²) in [5.41, 5.74) is 3.16. The average molecular weight is 438 g/mol. The van der Waals surface area contributed by atoms with Crippen molar-refractivity contribution < 1.29 is 23.0 Å². The molecule has 0 heterocycles. The van der Waals surface area contributed by atoms with Gasteiger partial charge in [-0.2, -0.15) is 0 Å². The average Bonchev–Trinajstić information content (AvgIpc) is 3.23. The van der Waals surface area contributed by atoms with Gasteiger partial charge in [-0.3, -0.25) is 0 Å². The van der Waals surface area contributed by atoms with E-state index in [0.717, 1.165) is 17.7 Å². The van der Waals surface area contributed by atoms with Gasteiger partial charge in [-0.15, -0.1) is 0 Å². The molecule has 3 aromatic rings. The number of ether oxygens (including phenoxy) is 2. The molecule has 4 rings (SSSR count). The van der Waals surface area contributed by atoms with Crippen molar-refractivity contribution in [3.63, 3.8) is 0 Å². The number of fused-ring (bicyclic) bond motifs is 1. The van der Waals surface area contributed by atoms with Crippen molar-refractivity contribution in [2.45, 2.75) is 25.4 Å². The van der Waals surface area contributed by atoms with Gasteiger partial charge in [-0.25, -0.2) is 13.6 Å². The molecular weight excluding hydrogens is 414 g/mol. The van der Waals surface area contributed by atoms with E-state index in [1.54, 1.807) is 25.2 Å². The summed E-state index contributed by atoms with van der Waals surface area (Å²) in [5, 5.41) is 2.60. The maximum atomic E-state index is 14.2. The second-order valence-corrected chi connectivity index (χ2v) is 7.70. The van der Waals surface area contributed by atoms with Crippen LogP contribution in [0.2, 0.25) is 0 Å². The second kappa shape index (κ2) is 9.26. The van der Waals surface area contributed by atoms with Crippen molar-refractivity contribution in [2.75, 3.05) is 19.5 Å². The lowest BCUT2D eigenvalue weighted by Gasteiger charge is -2.29. The topological polar surface area (TPSA) is 50.8 Å². The molecule has 3 aromatic carbocycles. The van der Waals surface area contributed by atoms with Gasteiger partial charge in [0.15, 0.2) is 11.5 Å². The number of rotatable bonds is 6. The fourth-order valence-corrected chi connectivity index (χ4v) is 4.08. The minimum Gasteiger partial charge on any atom is -0.493 e. The lowest BCUT2D eigenvalue weighted by Crippen LogP contribution is -2.43. The predicted molar refractivity (Wildman–Crippen MR) is 118 cm³/mol. The molecule has 1 aliphatic rings. The van der Waals surface area contributed by atoms with Crippen molar-refractivity contribution >= 4 is 11.7 Å². The van der Waals surface area contributed by atoms with Crippen molar-refractivity contribution in [1.29, 1.82) is 0 Å². The Morgan fingerprint density at radius 3 is 2.28 bits per heavy atom. The Labute approximate surface area is 185 Å². The molecule has 0 unspecified atom stereocenters. The number of anilines is 1. The zero-order valence-electron chi connectivity index (χ0n) is 17.9. The van der Waals surface area contributed by atoms with E-state index in [-0.39, 0.29) is 18.3 Å². The van der Waals surface area contributed by atoms with E-state index < -0.39 is 17.7 Å². The Kier molecular flexibility index (Phi) is 6.25. The first-order valence-corrected chi connectivity index (χ1v) is 10.3. The summed E-state index contributed by atoms with van der Waals surface area (Å²) < 4.78 is 38.1. The van der Waals surface area contributed by atoms with E-state index in [1.807, 2.05) is 24.3 Å². The Morgan fingerprint density at radius 2 is 1.66 bits per heavy atom. The number of carbonyl (C=O) groups excluding carboxylic acids is 1. The quantitative estimate of drug-likeness (QED) is 0.577. The maximum absolute atomic E-state index is 14.2. The van der Waals surface area contributed by atoms with Crippen LogP contribution >= 0.6 is 0 Å². The van der Waals surface area contributed by atoms with Gasteiger partial charge in [0, 0.05) is 18.7 Å². The predicted octanol–water partition coefficient (Wildman–Crippen LogP) is 5.18. The first kappa shape index (κ1) is 21.6. The van der Waals surface area contributed by atoms with Crippen molar-refractivity contribution in [3.05, 3.63) is 89.0 Å². The molecule has 5 nitrogen and oxygen atoms in total. The van der Waals surface area contributed by atoms with E-state index in [2.05, 4.69) is 17.4 Å². The molecule has 1 aliphatic carbocycles. The largest absolute Gasteiger partial charge is 0.493 e. The first-order valence-electron chi connectivity index (χ1n) is 10.3. The van der Waals surface area contributed by atoms with Gasteiger partial charge >= 0.3 is 6.03 Å². The van der Waals surface area contributed by atoms with Crippen LogP contribution in [0.15, 0.2) is 60.7 Å². The molecule has 2 amide bonds. The third-order valence-electron chi connectivity index (χ3n) is 5.70. The number of methoxy groups -OCH3 is 2. The number of hydrogen-bond acceptors (Lipinski definition) is 3. The Hall–Kier alpha value is -3.61. The number of amides is 2. The highest BCUT2D eigenvalue weighted by atomic mass is 19.1. The monoisotopic (exact) mass is 438 g/mol. The first-order chi connectivity index (χ1) is 15.5. The summed E-state index contributed by atoms with van der Waals surface area (Å²) in [4.78, 5) is 15.0. The van der Waals surface area contributed by atoms with Gasteiger partial charge in [0.1, 0.15) is 11.6 Å². The number of urea groups is 1. The van der Waals surface area contributed by atoms with E-state index in [0.29, 0.717) is 24.3 Å². The van der Waals surface area contributed by atoms with Crippen molar-refractivity contribution in [2.24, 2.45) is 0 Å². The summed E-state index contributed by atoms with van der Waals surface area (Å²) in [5.74, 6) is -0.369. The van der Waals surface area contributed by atoms with Crippen LogP contribution in [-0.4, -0.2) is 31.2 Å². The van der Waals surface area contributed by atoms with Crippen LogP contribution in [0, 0.1) is 11.6 Å². The molecule has 0 bridgehead atoms. The van der Waals surface area contributed by atoms with Crippen LogP contribution in [-0.2, 0) is 19.4 Å². The van der Waals surface area contributed by atoms with Crippen LogP contribution in [0.4, 0.5) is 19.3 Å². The highest BCUT2D eigenvalue weighted by Crippen LogP contribution is 2.31. The molecular formula is C25H24F2N2O3. The van der Waals surface area contributed by atoms with Gasteiger partial charge in [0.25, 0.3) is 0 Å². The summed E-state index contributed by atoms with van der Waals surface area (Å²) in [7, 11) is 3.11. The summed E-state index contributed by atoms with van der Waals surface area (Å²) in [6.45, 7) is 0.285. The highest BCUT2D eigenvalue weighted by Gasteiger charge is 2.30. The van der Waals surface area contributed by atoms with Crippen LogP contribution in [0.1, 0.15) is 16.7 Å². The Balaban J connectivity index is 1.62. The van der Waals surface area contributed by atoms with E-state index >= 15 is 0 Å². The van der Waals surface area contributed by atoms with Gasteiger partial charge < -0.3 is 19.7 Å². The highest BCUT2D eigenvalue weighted by molar-refractivity contribution is 5.89. The number of nitrogens with zero attached hydrogens (tertiary/aromatic N) is 1. The van der Waals surface area contributed by atoms with Crippen LogP contribution < -0.4 is 14.8 Å². The van der Waals surface area contributed by atoms with Gasteiger partial charge in [-0.1, -0.05) is 30.3 Å². The van der Waals surface area contributed by atoms with Crippen LogP contribution in [0.5, 0.6) is 11.5 Å². The van der Waals surface area contributed by atoms with Gasteiger partial charge in [-0.05, 0) is 53.8 Å². The number of carbonyl (C=O) groups is 1. The van der Waals surface area contributed by atoms with Crippen LogP contribution in [0.25, 0.3) is 0 Å². The third-order valence-corrected chi connectivity index (χ3v) is 5.70. The van der Waals surface area contributed by atoms with Gasteiger partial charge in [0.2, 0.25) is 0 Å². The van der Waals surface area contributed by atoms with E-state index in [1.165, 1.54) is 17.2 Å². The van der Waals surface area contributed by atoms with Gasteiger partial charge in [0.05, 0.1) is 19.9 Å². The summed E-state index contributed by atoms with van der Waals surface area (Å²) in [6, 6.07) is 16.1. The molecule has 32 heavy (non-hydrogen) atoms. The fourth-order valence-electron chi connectivity index (χ4n) is 4.08. The minimum absolute atomic E-state index is 0.0655. The Morgan fingerprint density at radius 1 is 0.969 bits per heavy atom. The maximum Gasteiger partial charge on any atom is 0.322 e. The molecule has 0 spiro atoms. The zero-order chi connectivity index (χ0) is 22.7. The SMILES string of the molecule is COc1ccc(CN(C(=O)Nc2ccc(F)cc2F)C2Cc3ccccc3C2)cc1OC. The molecule has 0 radical (unpaired) electrons. The molecule has 1 N–H and O–H groups in total. The fraction of sp³-hybridized carbons (Fsp3) is 0.240. The van der Waals surface area contributed by atoms with Crippen molar-refractivity contribution in [1.82, 2.24) is 4.90 Å². The number of nitrogens with one attached hydrogen (secondary N) is 1.